The van der Waals surface area contributed by atoms with Gasteiger partial charge in [0.15, 0.2) is 5.13 Å². The molecule has 0 saturated heterocycles. The number of aromatic nitrogens is 3. The van der Waals surface area contributed by atoms with Gasteiger partial charge >= 0.3 is 0 Å². The van der Waals surface area contributed by atoms with Crippen LogP contribution >= 0.6 is 27.3 Å². The summed E-state index contributed by atoms with van der Waals surface area (Å²) in [4.78, 5) is 11.5. The fourth-order valence-electron chi connectivity index (χ4n) is 2.85. The lowest BCUT2D eigenvalue weighted by Gasteiger charge is -2.12. The number of fused-ring (bicyclic) bond motifs is 1. The van der Waals surface area contributed by atoms with Gasteiger partial charge in [-0.2, -0.15) is 0 Å². The molecule has 0 aliphatic heterocycles. The average molecular weight is 428 g/mol. The van der Waals surface area contributed by atoms with Gasteiger partial charge in [0.25, 0.3) is 0 Å². The minimum atomic E-state index is 0.863. The molecule has 4 rings (SSSR count). The van der Waals surface area contributed by atoms with E-state index in [0.717, 1.165) is 38.0 Å². The Hall–Kier alpha value is -2.38. The Bertz CT molecular complexity index is 1070. The number of imidazole rings is 1. The van der Waals surface area contributed by atoms with Crippen LogP contribution in [0, 0.1) is 6.92 Å². The lowest BCUT2D eigenvalue weighted by atomic mass is 10.2. The van der Waals surface area contributed by atoms with E-state index in [1.54, 1.807) is 11.3 Å². The van der Waals surface area contributed by atoms with Crippen LogP contribution in [0.5, 0.6) is 0 Å². The lowest BCUT2D eigenvalue weighted by molar-refractivity contribution is 1.13. The third kappa shape index (κ3) is 3.20. The monoisotopic (exact) mass is 427 g/mol. The normalized spacial score (nSPS) is 11.1. The average Bonchev–Trinajstić information content (AvgIpc) is 3.18. The molecule has 0 bridgehead atoms. The number of pyridine rings is 1. The molecule has 0 spiro atoms. The first kappa shape index (κ1) is 17.1. The van der Waals surface area contributed by atoms with Crippen molar-refractivity contribution >= 4 is 49.4 Å². The number of hydrogen-bond acceptors (Lipinski definition) is 5. The molecule has 1 N–H and O–H groups in total. The SMILES string of the molecule is Cc1nc2ccc(Br)cn2c1-c1csc(Nc2ccc(N(C)C)cc2)n1. The second kappa shape index (κ2) is 6.74. The zero-order chi connectivity index (χ0) is 18.3. The van der Waals surface area contributed by atoms with Gasteiger partial charge in [-0.15, -0.1) is 11.3 Å². The van der Waals surface area contributed by atoms with Crippen molar-refractivity contribution in [2.24, 2.45) is 0 Å². The quantitative estimate of drug-likeness (QED) is 0.477. The highest BCUT2D eigenvalue weighted by atomic mass is 79.9. The zero-order valence-corrected chi connectivity index (χ0v) is 17.1. The Kier molecular flexibility index (Phi) is 4.42. The molecule has 0 amide bonds. The zero-order valence-electron chi connectivity index (χ0n) is 14.7. The van der Waals surface area contributed by atoms with Gasteiger partial charge in [0.2, 0.25) is 0 Å². The number of nitrogens with zero attached hydrogens (tertiary/aromatic N) is 4. The molecule has 3 heterocycles. The molecule has 1 aromatic carbocycles. The van der Waals surface area contributed by atoms with E-state index >= 15 is 0 Å². The van der Waals surface area contributed by atoms with E-state index in [4.69, 9.17) is 4.98 Å². The summed E-state index contributed by atoms with van der Waals surface area (Å²) >= 11 is 5.12. The van der Waals surface area contributed by atoms with Gasteiger partial charge in [-0.25, -0.2) is 9.97 Å². The molecular weight excluding hydrogens is 410 g/mol. The molecule has 0 aliphatic rings. The molecule has 5 nitrogen and oxygen atoms in total. The van der Waals surface area contributed by atoms with Gasteiger partial charge in [-0.1, -0.05) is 0 Å². The van der Waals surface area contributed by atoms with E-state index in [1.165, 1.54) is 5.69 Å². The molecule has 0 atom stereocenters. The molecular formula is C19H18BrN5S. The molecule has 0 fully saturated rings. The molecule has 0 unspecified atom stereocenters. The Morgan fingerprint density at radius 1 is 1.08 bits per heavy atom. The van der Waals surface area contributed by atoms with Crippen LogP contribution in [0.3, 0.4) is 0 Å². The Balaban J connectivity index is 1.64. The second-order valence-electron chi connectivity index (χ2n) is 6.23. The maximum absolute atomic E-state index is 4.77. The minimum absolute atomic E-state index is 0.863. The molecule has 132 valence electrons. The molecule has 26 heavy (non-hydrogen) atoms. The molecule has 0 aliphatic carbocycles. The number of thiazole rings is 1. The summed E-state index contributed by atoms with van der Waals surface area (Å²) in [5, 5.41) is 6.31. The molecule has 0 radical (unpaired) electrons. The van der Waals surface area contributed by atoms with Crippen molar-refractivity contribution in [3.63, 3.8) is 0 Å². The van der Waals surface area contributed by atoms with E-state index in [0.29, 0.717) is 0 Å². The number of rotatable bonds is 4. The van der Waals surface area contributed by atoms with Crippen molar-refractivity contribution in [3.8, 4) is 11.4 Å². The summed E-state index contributed by atoms with van der Waals surface area (Å²) in [5.41, 5.74) is 6.02. The molecule has 7 heteroatoms. The standard InChI is InChI=1S/C19H18BrN5S/c1-12-18(25-10-13(20)4-9-17(25)21-12)16-11-26-19(23-16)22-14-5-7-15(8-6-14)24(2)3/h4-11H,1-3H3,(H,22,23). The van der Waals surface area contributed by atoms with Crippen LogP contribution in [0.15, 0.2) is 52.4 Å². The van der Waals surface area contributed by atoms with Gasteiger partial charge in [-0.05, 0) is 59.3 Å². The summed E-state index contributed by atoms with van der Waals surface area (Å²) in [7, 11) is 4.07. The summed E-state index contributed by atoms with van der Waals surface area (Å²) in [6.07, 6.45) is 2.02. The smallest absolute Gasteiger partial charge is 0.187 e. The summed E-state index contributed by atoms with van der Waals surface area (Å²) in [6.45, 7) is 2.02. The molecule has 4 aromatic rings. The van der Waals surface area contributed by atoms with Crippen molar-refractivity contribution in [1.82, 2.24) is 14.4 Å². The predicted molar refractivity (Wildman–Crippen MR) is 113 cm³/mol. The first-order valence-electron chi connectivity index (χ1n) is 8.16. The Labute approximate surface area is 164 Å². The van der Waals surface area contributed by atoms with E-state index in [1.807, 2.05) is 39.3 Å². The largest absolute Gasteiger partial charge is 0.378 e. The number of hydrogen-bond donors (Lipinski definition) is 1. The highest BCUT2D eigenvalue weighted by molar-refractivity contribution is 9.10. The maximum atomic E-state index is 4.77. The first-order chi connectivity index (χ1) is 12.5. The summed E-state index contributed by atoms with van der Waals surface area (Å²) in [6, 6.07) is 12.3. The first-order valence-corrected chi connectivity index (χ1v) is 9.83. The molecule has 0 saturated carbocycles. The van der Waals surface area contributed by atoms with E-state index in [-0.39, 0.29) is 0 Å². The van der Waals surface area contributed by atoms with Crippen LogP contribution in [0.1, 0.15) is 5.69 Å². The topological polar surface area (TPSA) is 45.5 Å². The lowest BCUT2D eigenvalue weighted by Crippen LogP contribution is -2.08. The van der Waals surface area contributed by atoms with Crippen LogP contribution in [0.2, 0.25) is 0 Å². The van der Waals surface area contributed by atoms with Gasteiger partial charge in [0.05, 0.1) is 11.4 Å². The highest BCUT2D eigenvalue weighted by Gasteiger charge is 2.14. The minimum Gasteiger partial charge on any atom is -0.378 e. The van der Waals surface area contributed by atoms with Crippen LogP contribution in [0.25, 0.3) is 17.0 Å². The predicted octanol–water partition coefficient (Wildman–Crippen LogP) is 5.34. The van der Waals surface area contributed by atoms with Gasteiger partial charge in [-0.3, -0.25) is 4.40 Å². The Morgan fingerprint density at radius 2 is 1.85 bits per heavy atom. The summed E-state index contributed by atoms with van der Waals surface area (Å²) in [5.74, 6) is 0. The van der Waals surface area contributed by atoms with Crippen molar-refractivity contribution in [3.05, 3.63) is 58.1 Å². The third-order valence-electron chi connectivity index (χ3n) is 4.14. The van der Waals surface area contributed by atoms with Crippen LogP contribution in [-0.4, -0.2) is 28.5 Å². The second-order valence-corrected chi connectivity index (χ2v) is 8.00. The van der Waals surface area contributed by atoms with Crippen molar-refractivity contribution in [2.75, 3.05) is 24.3 Å². The van der Waals surface area contributed by atoms with Gasteiger partial charge in [0.1, 0.15) is 11.3 Å². The van der Waals surface area contributed by atoms with Gasteiger partial charge in [0, 0.05) is 41.5 Å². The fourth-order valence-corrected chi connectivity index (χ4v) is 3.90. The third-order valence-corrected chi connectivity index (χ3v) is 5.37. The number of benzene rings is 1. The number of nitrogens with one attached hydrogen (secondary N) is 1. The van der Waals surface area contributed by atoms with Gasteiger partial charge < -0.3 is 10.2 Å². The van der Waals surface area contributed by atoms with Crippen LogP contribution in [-0.2, 0) is 0 Å². The molecule has 3 aromatic heterocycles. The van der Waals surface area contributed by atoms with Crippen molar-refractivity contribution in [2.45, 2.75) is 6.92 Å². The number of aryl methyl sites for hydroxylation is 1. The van der Waals surface area contributed by atoms with Crippen LogP contribution in [0.4, 0.5) is 16.5 Å². The van der Waals surface area contributed by atoms with E-state index in [9.17, 15) is 0 Å². The Morgan fingerprint density at radius 3 is 2.58 bits per heavy atom. The van der Waals surface area contributed by atoms with Crippen molar-refractivity contribution < 1.29 is 0 Å². The fraction of sp³-hybridized carbons (Fsp3) is 0.158. The van der Waals surface area contributed by atoms with E-state index in [2.05, 4.69) is 65.2 Å². The maximum Gasteiger partial charge on any atom is 0.187 e. The summed E-state index contributed by atoms with van der Waals surface area (Å²) < 4.78 is 3.09. The number of anilines is 3. The van der Waals surface area contributed by atoms with Crippen LogP contribution < -0.4 is 10.2 Å². The van der Waals surface area contributed by atoms with Crippen molar-refractivity contribution in [1.29, 1.82) is 0 Å². The highest BCUT2D eigenvalue weighted by Crippen LogP contribution is 2.30. The number of halogens is 1. The van der Waals surface area contributed by atoms with E-state index < -0.39 is 0 Å².